The van der Waals surface area contributed by atoms with Crippen LogP contribution < -0.4 is 5.32 Å². The molecule has 1 aliphatic carbocycles. The largest absolute Gasteiger partial charge is 0.480 e. The number of aliphatic carboxylic acids is 1. The lowest BCUT2D eigenvalue weighted by atomic mass is 9.78. The average Bonchev–Trinajstić information content (AvgIpc) is 2.47. The van der Waals surface area contributed by atoms with Crippen LogP contribution in [0.5, 0.6) is 0 Å². The lowest BCUT2D eigenvalue weighted by Gasteiger charge is -2.45. The first kappa shape index (κ1) is 16.7. The third kappa shape index (κ3) is 3.96. The molecule has 0 spiro atoms. The fraction of sp³-hybridized carbons (Fsp3) is 0.938. The lowest BCUT2D eigenvalue weighted by Crippen LogP contribution is -2.59. The van der Waals surface area contributed by atoms with Crippen molar-refractivity contribution in [3.8, 4) is 0 Å². The molecule has 0 aromatic carbocycles. The van der Waals surface area contributed by atoms with Crippen LogP contribution in [0, 0.1) is 5.92 Å². The van der Waals surface area contributed by atoms with Crippen molar-refractivity contribution in [2.45, 2.75) is 51.1 Å². The summed E-state index contributed by atoms with van der Waals surface area (Å²) in [5, 5.41) is 12.6. The van der Waals surface area contributed by atoms with E-state index in [0.717, 1.165) is 57.8 Å². The zero-order valence-corrected chi connectivity index (χ0v) is 13.8. The predicted molar refractivity (Wildman–Crippen MR) is 84.5 cm³/mol. The summed E-state index contributed by atoms with van der Waals surface area (Å²) in [6.45, 7) is 10.1. The summed E-state index contributed by atoms with van der Waals surface area (Å²) in [5.74, 6) is 0.0309. The van der Waals surface area contributed by atoms with Crippen LogP contribution in [0.4, 0.5) is 0 Å². The summed E-state index contributed by atoms with van der Waals surface area (Å²) < 4.78 is 0. The number of nitrogens with zero attached hydrogens (tertiary/aromatic N) is 2. The number of rotatable bonds is 5. The van der Waals surface area contributed by atoms with Gasteiger partial charge < -0.3 is 15.3 Å². The fourth-order valence-corrected chi connectivity index (χ4v) is 3.91. The number of piperazine rings is 1. The highest BCUT2D eigenvalue weighted by Crippen LogP contribution is 2.32. The molecule has 2 atom stereocenters. The smallest absolute Gasteiger partial charge is 0.323 e. The standard InChI is InChI=1S/C16H31N3O2/c1-13(2)12-18-7-9-19(10-8-18)14-5-4-6-16(11-14,17-3)15(20)21/h13-14,17H,4-12H2,1-3H3,(H,20,21). The van der Waals surface area contributed by atoms with Crippen LogP contribution >= 0.6 is 0 Å². The third-order valence-electron chi connectivity index (χ3n) is 5.16. The molecule has 0 aromatic rings. The van der Waals surface area contributed by atoms with Crippen LogP contribution in [0.15, 0.2) is 0 Å². The van der Waals surface area contributed by atoms with E-state index in [4.69, 9.17) is 0 Å². The summed E-state index contributed by atoms with van der Waals surface area (Å²) in [4.78, 5) is 16.7. The summed E-state index contributed by atoms with van der Waals surface area (Å²) >= 11 is 0. The number of carbonyl (C=O) groups is 1. The molecular weight excluding hydrogens is 266 g/mol. The van der Waals surface area contributed by atoms with Gasteiger partial charge in [-0.1, -0.05) is 13.8 Å². The molecule has 21 heavy (non-hydrogen) atoms. The van der Waals surface area contributed by atoms with Gasteiger partial charge in [-0.25, -0.2) is 0 Å². The van der Waals surface area contributed by atoms with Crippen molar-refractivity contribution in [3.05, 3.63) is 0 Å². The molecule has 1 saturated carbocycles. The van der Waals surface area contributed by atoms with Gasteiger partial charge >= 0.3 is 5.97 Å². The van der Waals surface area contributed by atoms with Crippen LogP contribution in [0.1, 0.15) is 39.5 Å². The maximum Gasteiger partial charge on any atom is 0.323 e. The van der Waals surface area contributed by atoms with Crippen molar-refractivity contribution in [2.24, 2.45) is 5.92 Å². The van der Waals surface area contributed by atoms with Crippen LogP contribution in [0.2, 0.25) is 0 Å². The Bertz CT molecular complexity index is 353. The Hall–Kier alpha value is -0.650. The van der Waals surface area contributed by atoms with E-state index in [-0.39, 0.29) is 0 Å². The zero-order chi connectivity index (χ0) is 15.5. The Balaban J connectivity index is 1.90. The highest BCUT2D eigenvalue weighted by atomic mass is 16.4. The second-order valence-corrected chi connectivity index (χ2v) is 7.12. The van der Waals surface area contributed by atoms with E-state index in [1.807, 2.05) is 0 Å². The number of carboxylic acids is 1. The molecule has 2 rings (SSSR count). The van der Waals surface area contributed by atoms with E-state index in [1.165, 1.54) is 6.54 Å². The molecule has 122 valence electrons. The molecular formula is C16H31N3O2. The van der Waals surface area contributed by atoms with Crippen LogP contribution in [-0.2, 0) is 4.79 Å². The van der Waals surface area contributed by atoms with E-state index in [0.29, 0.717) is 6.04 Å². The minimum Gasteiger partial charge on any atom is -0.480 e. The first-order valence-electron chi connectivity index (χ1n) is 8.35. The van der Waals surface area contributed by atoms with Gasteiger partial charge in [0.25, 0.3) is 0 Å². The SMILES string of the molecule is CNC1(C(=O)O)CCCC(N2CCN(CC(C)C)CC2)C1. The summed E-state index contributed by atoms with van der Waals surface area (Å²) in [6.07, 6.45) is 3.64. The van der Waals surface area contributed by atoms with Crippen LogP contribution in [0.3, 0.4) is 0 Å². The average molecular weight is 297 g/mol. The summed E-state index contributed by atoms with van der Waals surface area (Å²) in [7, 11) is 1.79. The summed E-state index contributed by atoms with van der Waals surface area (Å²) in [5.41, 5.74) is -0.710. The Morgan fingerprint density at radius 1 is 1.33 bits per heavy atom. The van der Waals surface area contributed by atoms with Crippen molar-refractivity contribution in [1.82, 2.24) is 15.1 Å². The molecule has 2 aliphatic rings. The topological polar surface area (TPSA) is 55.8 Å². The van der Waals surface area contributed by atoms with Crippen molar-refractivity contribution in [3.63, 3.8) is 0 Å². The quantitative estimate of drug-likeness (QED) is 0.800. The molecule has 1 saturated heterocycles. The second kappa shape index (κ2) is 7.07. The molecule has 0 radical (unpaired) electrons. The van der Waals surface area contributed by atoms with E-state index < -0.39 is 11.5 Å². The molecule has 5 heteroatoms. The van der Waals surface area contributed by atoms with Crippen molar-refractivity contribution >= 4 is 5.97 Å². The maximum absolute atomic E-state index is 11.6. The van der Waals surface area contributed by atoms with Gasteiger partial charge in [0, 0.05) is 38.8 Å². The van der Waals surface area contributed by atoms with E-state index in [9.17, 15) is 9.90 Å². The third-order valence-corrected chi connectivity index (χ3v) is 5.16. The van der Waals surface area contributed by atoms with Gasteiger partial charge in [0.05, 0.1) is 0 Å². The molecule has 1 aliphatic heterocycles. The predicted octanol–water partition coefficient (Wildman–Crippen LogP) is 1.25. The van der Waals surface area contributed by atoms with E-state index in [1.54, 1.807) is 7.05 Å². The summed E-state index contributed by atoms with van der Waals surface area (Å²) in [6, 6.07) is 0.420. The van der Waals surface area contributed by atoms with E-state index in [2.05, 4.69) is 29.0 Å². The number of carboxylic acid groups (broad SMARTS) is 1. The number of likely N-dealkylation sites (N-methyl/N-ethyl adjacent to an activating group) is 1. The lowest BCUT2D eigenvalue weighted by molar-refractivity contribution is -0.147. The maximum atomic E-state index is 11.6. The first-order valence-corrected chi connectivity index (χ1v) is 8.35. The van der Waals surface area contributed by atoms with Gasteiger partial charge in [0.1, 0.15) is 5.54 Å². The molecule has 5 nitrogen and oxygen atoms in total. The molecule has 0 bridgehead atoms. The molecule has 0 aromatic heterocycles. The first-order chi connectivity index (χ1) is 9.97. The van der Waals surface area contributed by atoms with Gasteiger partial charge in [-0.2, -0.15) is 0 Å². The number of hydrogen-bond donors (Lipinski definition) is 2. The van der Waals surface area contributed by atoms with Gasteiger partial charge in [-0.3, -0.25) is 9.69 Å². The Labute approximate surface area is 128 Å². The minimum atomic E-state index is -0.710. The van der Waals surface area contributed by atoms with E-state index >= 15 is 0 Å². The number of hydrogen-bond acceptors (Lipinski definition) is 4. The van der Waals surface area contributed by atoms with Crippen LogP contribution in [-0.4, -0.2) is 72.2 Å². The van der Waals surface area contributed by atoms with Gasteiger partial charge in [-0.15, -0.1) is 0 Å². The molecule has 1 heterocycles. The fourth-order valence-electron chi connectivity index (χ4n) is 3.91. The molecule has 2 N–H and O–H groups in total. The second-order valence-electron chi connectivity index (χ2n) is 7.12. The zero-order valence-electron chi connectivity index (χ0n) is 13.8. The molecule has 2 unspecified atom stereocenters. The Morgan fingerprint density at radius 2 is 2.00 bits per heavy atom. The Morgan fingerprint density at radius 3 is 2.52 bits per heavy atom. The minimum absolute atomic E-state index is 0.420. The van der Waals surface area contributed by atoms with Crippen molar-refractivity contribution < 1.29 is 9.90 Å². The monoisotopic (exact) mass is 297 g/mol. The van der Waals surface area contributed by atoms with Gasteiger partial charge in [0.2, 0.25) is 0 Å². The normalized spacial score (nSPS) is 32.5. The highest BCUT2D eigenvalue weighted by Gasteiger charge is 2.43. The van der Waals surface area contributed by atoms with Crippen molar-refractivity contribution in [1.29, 1.82) is 0 Å². The van der Waals surface area contributed by atoms with Crippen molar-refractivity contribution in [2.75, 3.05) is 39.8 Å². The van der Waals surface area contributed by atoms with Gasteiger partial charge in [-0.05, 0) is 38.6 Å². The molecule has 0 amide bonds. The van der Waals surface area contributed by atoms with Crippen LogP contribution in [0.25, 0.3) is 0 Å². The number of nitrogens with one attached hydrogen (secondary N) is 1. The highest BCUT2D eigenvalue weighted by molar-refractivity contribution is 5.79. The molecule has 2 fully saturated rings. The van der Waals surface area contributed by atoms with Gasteiger partial charge in [0.15, 0.2) is 0 Å². The Kier molecular flexibility index (Phi) is 5.63.